The van der Waals surface area contributed by atoms with Crippen LogP contribution >= 0.6 is 11.3 Å². The van der Waals surface area contributed by atoms with Gasteiger partial charge in [-0.3, -0.25) is 9.48 Å². The molecule has 2 N–H and O–H groups in total. The van der Waals surface area contributed by atoms with Gasteiger partial charge in [-0.25, -0.2) is 18.2 Å². The van der Waals surface area contributed by atoms with Gasteiger partial charge < -0.3 is 10.4 Å². The maximum absolute atomic E-state index is 14.8. The molecule has 1 amide bonds. The lowest BCUT2D eigenvalue weighted by Gasteiger charge is -2.22. The molecule has 33 heavy (non-hydrogen) atoms. The van der Waals surface area contributed by atoms with Crippen molar-refractivity contribution in [3.63, 3.8) is 0 Å². The van der Waals surface area contributed by atoms with Crippen molar-refractivity contribution in [3.05, 3.63) is 84.3 Å². The zero-order valence-corrected chi connectivity index (χ0v) is 18.0. The highest BCUT2D eigenvalue weighted by molar-refractivity contribution is 7.18. The van der Waals surface area contributed by atoms with Crippen LogP contribution in [0.3, 0.4) is 0 Å². The summed E-state index contributed by atoms with van der Waals surface area (Å²) in [5.41, 5.74) is 0.654. The number of carbonyl (C=O) groups is 1. The Bertz CT molecular complexity index is 1230. The molecule has 170 valence electrons. The van der Waals surface area contributed by atoms with Crippen molar-refractivity contribution < 1.29 is 23.1 Å². The maximum atomic E-state index is 14.8. The molecule has 2 atom stereocenters. The number of rotatable bonds is 8. The van der Waals surface area contributed by atoms with Crippen LogP contribution in [0.5, 0.6) is 0 Å². The Hall–Kier alpha value is -3.50. The summed E-state index contributed by atoms with van der Waals surface area (Å²) in [5.74, 6) is -1.75. The number of aliphatic hydroxyl groups is 1. The average molecular weight is 472 g/mol. The van der Waals surface area contributed by atoms with E-state index >= 15 is 0 Å². The first-order valence-corrected chi connectivity index (χ1v) is 10.8. The lowest BCUT2D eigenvalue weighted by Crippen LogP contribution is -2.46. The Kier molecular flexibility index (Phi) is 6.85. The minimum absolute atomic E-state index is 0.0168. The summed E-state index contributed by atoms with van der Waals surface area (Å²) in [4.78, 5) is 18.0. The Morgan fingerprint density at radius 3 is 2.64 bits per heavy atom. The van der Waals surface area contributed by atoms with E-state index in [2.05, 4.69) is 15.4 Å². The lowest BCUT2D eigenvalue weighted by atomic mass is 10.1. The number of alkyl halides is 1. The number of benzene rings is 2. The first-order valence-electron chi connectivity index (χ1n) is 10.00. The van der Waals surface area contributed by atoms with Crippen molar-refractivity contribution in [2.45, 2.75) is 18.8 Å². The van der Waals surface area contributed by atoms with Crippen LogP contribution in [0, 0.1) is 11.6 Å². The maximum Gasteiger partial charge on any atom is 0.252 e. The SMILES string of the molecule is O=C(N[C@H](Cn1cccn1)[C@H](F)CO)c1cccc(F)c1-c1ncc(-c2ccc(F)cc2)s1. The van der Waals surface area contributed by atoms with Crippen LogP contribution in [0.4, 0.5) is 13.2 Å². The van der Waals surface area contributed by atoms with Crippen LogP contribution in [-0.2, 0) is 6.54 Å². The van der Waals surface area contributed by atoms with E-state index in [1.165, 1.54) is 47.4 Å². The summed E-state index contributed by atoms with van der Waals surface area (Å²) in [6, 6.07) is 10.3. The highest BCUT2D eigenvalue weighted by Crippen LogP contribution is 2.35. The molecule has 0 aliphatic heterocycles. The zero-order chi connectivity index (χ0) is 23.4. The number of hydrogen-bond donors (Lipinski definition) is 2. The molecular formula is C23H19F3N4O2S. The zero-order valence-electron chi connectivity index (χ0n) is 17.2. The second kappa shape index (κ2) is 9.97. The van der Waals surface area contributed by atoms with E-state index < -0.39 is 30.5 Å². The van der Waals surface area contributed by atoms with Crippen LogP contribution in [0.25, 0.3) is 21.0 Å². The van der Waals surface area contributed by atoms with Gasteiger partial charge in [-0.2, -0.15) is 5.10 Å². The summed E-state index contributed by atoms with van der Waals surface area (Å²) in [6.07, 6.45) is 2.88. The standard InChI is InChI=1S/C23H19F3N4O2S/c24-15-7-5-14(6-8-15)20-11-27-23(33-20)21-16(3-1-4-17(21)25)22(32)29-19(18(26)13-31)12-30-10-2-9-28-30/h1-11,18-19,31H,12-13H2,(H,29,32)/t18-,19-/m1/s1. The Morgan fingerprint density at radius 1 is 1.15 bits per heavy atom. The van der Waals surface area contributed by atoms with Crippen molar-refractivity contribution in [1.29, 1.82) is 0 Å². The van der Waals surface area contributed by atoms with E-state index in [4.69, 9.17) is 0 Å². The summed E-state index contributed by atoms with van der Waals surface area (Å²) in [7, 11) is 0. The van der Waals surface area contributed by atoms with E-state index in [1.807, 2.05) is 0 Å². The van der Waals surface area contributed by atoms with Crippen LogP contribution in [0.15, 0.2) is 67.1 Å². The molecule has 0 fully saturated rings. The van der Waals surface area contributed by atoms with Gasteiger partial charge in [0.05, 0.1) is 35.2 Å². The third-order valence-electron chi connectivity index (χ3n) is 4.98. The van der Waals surface area contributed by atoms with Crippen molar-refractivity contribution in [1.82, 2.24) is 20.1 Å². The van der Waals surface area contributed by atoms with Crippen molar-refractivity contribution in [3.8, 4) is 21.0 Å². The number of nitrogens with one attached hydrogen (secondary N) is 1. The molecule has 0 aliphatic rings. The van der Waals surface area contributed by atoms with Crippen LogP contribution in [0.1, 0.15) is 10.4 Å². The quantitative estimate of drug-likeness (QED) is 0.405. The summed E-state index contributed by atoms with van der Waals surface area (Å²) in [6.45, 7) is -0.813. The number of carbonyl (C=O) groups excluding carboxylic acids is 1. The van der Waals surface area contributed by atoms with Crippen LogP contribution in [0.2, 0.25) is 0 Å². The highest BCUT2D eigenvalue weighted by atomic mass is 32.1. The molecule has 0 aliphatic carbocycles. The molecule has 4 aromatic rings. The summed E-state index contributed by atoms with van der Waals surface area (Å²) in [5, 5.41) is 16.1. The molecule has 4 rings (SSSR count). The average Bonchev–Trinajstić information content (AvgIpc) is 3.51. The normalized spacial score (nSPS) is 13.0. The van der Waals surface area contributed by atoms with Crippen molar-refractivity contribution >= 4 is 17.2 Å². The topological polar surface area (TPSA) is 80.0 Å². The van der Waals surface area contributed by atoms with Gasteiger partial charge in [-0.1, -0.05) is 18.2 Å². The van der Waals surface area contributed by atoms with Gasteiger partial charge in [0.1, 0.15) is 22.8 Å². The fourth-order valence-corrected chi connectivity index (χ4v) is 4.28. The molecule has 6 nitrogen and oxygen atoms in total. The molecule has 2 aromatic carbocycles. The fourth-order valence-electron chi connectivity index (χ4n) is 3.30. The number of aliphatic hydroxyl groups excluding tert-OH is 1. The smallest absolute Gasteiger partial charge is 0.252 e. The molecule has 2 aromatic heterocycles. The Labute approximate surface area is 191 Å². The van der Waals surface area contributed by atoms with Crippen LogP contribution < -0.4 is 5.32 Å². The summed E-state index contributed by atoms with van der Waals surface area (Å²) < 4.78 is 43.9. The van der Waals surface area contributed by atoms with E-state index in [9.17, 15) is 23.1 Å². The van der Waals surface area contributed by atoms with E-state index in [0.717, 1.165) is 11.3 Å². The number of amides is 1. The molecule has 10 heteroatoms. The van der Waals surface area contributed by atoms with Crippen LogP contribution in [-0.4, -0.2) is 44.6 Å². The second-order valence-electron chi connectivity index (χ2n) is 7.21. The number of hydrogen-bond acceptors (Lipinski definition) is 5. The lowest BCUT2D eigenvalue weighted by molar-refractivity contribution is 0.0850. The van der Waals surface area contributed by atoms with Gasteiger partial charge in [0, 0.05) is 18.6 Å². The molecule has 0 unspecified atom stereocenters. The minimum Gasteiger partial charge on any atom is -0.393 e. The predicted octanol–water partition coefficient (Wildman–Crippen LogP) is 4.08. The van der Waals surface area contributed by atoms with Crippen molar-refractivity contribution in [2.24, 2.45) is 0 Å². The number of nitrogens with zero attached hydrogens (tertiary/aromatic N) is 3. The summed E-state index contributed by atoms with van der Waals surface area (Å²) >= 11 is 1.14. The predicted molar refractivity (Wildman–Crippen MR) is 118 cm³/mol. The molecular weight excluding hydrogens is 453 g/mol. The second-order valence-corrected chi connectivity index (χ2v) is 8.24. The van der Waals surface area contributed by atoms with E-state index in [0.29, 0.717) is 10.4 Å². The molecule has 0 bridgehead atoms. The van der Waals surface area contributed by atoms with Gasteiger partial charge >= 0.3 is 0 Å². The van der Waals surface area contributed by atoms with Gasteiger partial charge in [-0.15, -0.1) is 11.3 Å². The largest absolute Gasteiger partial charge is 0.393 e. The first-order chi connectivity index (χ1) is 16.0. The molecule has 0 spiro atoms. The van der Waals surface area contributed by atoms with Crippen molar-refractivity contribution in [2.75, 3.05) is 6.61 Å². The number of thiazole rings is 1. The Morgan fingerprint density at radius 2 is 1.94 bits per heavy atom. The molecule has 0 saturated heterocycles. The third kappa shape index (κ3) is 5.12. The monoisotopic (exact) mass is 472 g/mol. The highest BCUT2D eigenvalue weighted by Gasteiger charge is 2.26. The molecule has 0 saturated carbocycles. The Balaban J connectivity index is 1.63. The van der Waals surface area contributed by atoms with Gasteiger partial charge in [0.25, 0.3) is 5.91 Å². The molecule has 2 heterocycles. The first kappa shape index (κ1) is 22.7. The van der Waals surface area contributed by atoms with E-state index in [-0.39, 0.29) is 28.5 Å². The number of aromatic nitrogens is 3. The third-order valence-corrected chi connectivity index (χ3v) is 6.04. The molecule has 0 radical (unpaired) electrons. The van der Waals surface area contributed by atoms with E-state index in [1.54, 1.807) is 24.4 Å². The fraction of sp³-hybridized carbons (Fsp3) is 0.174. The van der Waals surface area contributed by atoms with Gasteiger partial charge in [0.15, 0.2) is 0 Å². The minimum atomic E-state index is -1.75. The number of halogens is 3. The van der Waals surface area contributed by atoms with Gasteiger partial charge in [-0.05, 0) is 35.9 Å². The van der Waals surface area contributed by atoms with Gasteiger partial charge in [0.2, 0.25) is 0 Å².